The van der Waals surface area contributed by atoms with Crippen molar-refractivity contribution in [3.05, 3.63) is 83.9 Å². The highest BCUT2D eigenvalue weighted by molar-refractivity contribution is 6.04. The molecule has 0 aliphatic carbocycles. The number of nitrogen functional groups attached to an aromatic ring is 1. The largest absolute Gasteiger partial charge is 0.399 e. The summed E-state index contributed by atoms with van der Waals surface area (Å²) in [6, 6.07) is 22.2. The minimum Gasteiger partial charge on any atom is -0.399 e. The predicted molar refractivity (Wildman–Crippen MR) is 113 cm³/mol. The van der Waals surface area contributed by atoms with Crippen LogP contribution in [0.15, 0.2) is 72.8 Å². The first-order chi connectivity index (χ1) is 13.5. The predicted octanol–water partition coefficient (Wildman–Crippen LogP) is 4.49. The van der Waals surface area contributed by atoms with E-state index in [4.69, 9.17) is 5.73 Å². The van der Waals surface area contributed by atoms with Crippen molar-refractivity contribution in [2.45, 2.75) is 0 Å². The molecule has 3 N–H and O–H groups in total. The van der Waals surface area contributed by atoms with Gasteiger partial charge < -0.3 is 15.6 Å². The van der Waals surface area contributed by atoms with Crippen LogP contribution in [0.4, 0.5) is 11.4 Å². The number of amides is 1. The third-order valence-electron chi connectivity index (χ3n) is 4.81. The molecule has 0 saturated carbocycles. The van der Waals surface area contributed by atoms with Crippen LogP contribution in [0.5, 0.6) is 0 Å². The van der Waals surface area contributed by atoms with E-state index in [1.165, 1.54) is 0 Å². The monoisotopic (exact) mass is 369 g/mol. The van der Waals surface area contributed by atoms with Crippen molar-refractivity contribution >= 4 is 34.5 Å². The second kappa shape index (κ2) is 7.04. The number of benzene rings is 3. The Kier molecular flexibility index (Phi) is 4.41. The van der Waals surface area contributed by atoms with E-state index in [9.17, 15) is 9.59 Å². The van der Waals surface area contributed by atoms with Crippen molar-refractivity contribution in [2.24, 2.45) is 7.05 Å². The molecule has 3 aromatic carbocycles. The summed E-state index contributed by atoms with van der Waals surface area (Å²) in [7, 11) is 2.00. The zero-order chi connectivity index (χ0) is 19.7. The molecule has 0 spiro atoms. The van der Waals surface area contributed by atoms with Crippen LogP contribution in [0.25, 0.3) is 22.2 Å². The molecule has 1 aromatic heterocycles. The third-order valence-corrected chi connectivity index (χ3v) is 4.81. The molecule has 0 fully saturated rings. The quantitative estimate of drug-likeness (QED) is 0.411. The highest BCUT2D eigenvalue weighted by Gasteiger charge is 2.10. The van der Waals surface area contributed by atoms with Gasteiger partial charge in [0.25, 0.3) is 5.91 Å². The normalized spacial score (nSPS) is 10.8. The number of carbonyl (C=O) groups excluding carboxylic acids is 2. The average Bonchev–Trinajstić information content (AvgIpc) is 3.05. The number of aryl methyl sites for hydroxylation is 1. The summed E-state index contributed by atoms with van der Waals surface area (Å²) in [4.78, 5) is 23.3. The SMILES string of the molecule is Cn1c(-c2ccc(NC(=O)c3ccc(N)cc3)cc2)cc2cc(C=O)ccc21. The lowest BCUT2D eigenvalue weighted by molar-refractivity contribution is 0.102. The lowest BCUT2D eigenvalue weighted by atomic mass is 10.1. The summed E-state index contributed by atoms with van der Waals surface area (Å²) >= 11 is 0. The van der Waals surface area contributed by atoms with Crippen LogP contribution in [0.3, 0.4) is 0 Å². The fourth-order valence-corrected chi connectivity index (χ4v) is 3.28. The number of aromatic nitrogens is 1. The Labute approximate surface area is 162 Å². The highest BCUT2D eigenvalue weighted by Crippen LogP contribution is 2.28. The first-order valence-corrected chi connectivity index (χ1v) is 8.87. The summed E-state index contributed by atoms with van der Waals surface area (Å²) < 4.78 is 2.09. The van der Waals surface area contributed by atoms with Gasteiger partial charge >= 0.3 is 0 Å². The number of nitrogens with zero attached hydrogens (tertiary/aromatic N) is 1. The number of anilines is 2. The minimum absolute atomic E-state index is 0.182. The number of nitrogens with two attached hydrogens (primary N) is 1. The Hall–Kier alpha value is -3.86. The molecule has 138 valence electrons. The Bertz CT molecular complexity index is 1170. The topological polar surface area (TPSA) is 77.1 Å². The summed E-state index contributed by atoms with van der Waals surface area (Å²) in [5.41, 5.74) is 11.3. The number of hydrogen-bond acceptors (Lipinski definition) is 3. The molecule has 4 aromatic rings. The Balaban J connectivity index is 1.58. The maximum atomic E-state index is 12.3. The van der Waals surface area contributed by atoms with E-state index in [0.717, 1.165) is 28.4 Å². The van der Waals surface area contributed by atoms with Crippen molar-refractivity contribution in [1.29, 1.82) is 0 Å². The fourth-order valence-electron chi connectivity index (χ4n) is 3.28. The molecule has 0 aliphatic rings. The van der Waals surface area contributed by atoms with Gasteiger partial charge in [-0.1, -0.05) is 12.1 Å². The number of fused-ring (bicyclic) bond motifs is 1. The van der Waals surface area contributed by atoms with E-state index in [1.807, 2.05) is 49.5 Å². The maximum absolute atomic E-state index is 12.3. The molecule has 0 atom stereocenters. The van der Waals surface area contributed by atoms with Crippen molar-refractivity contribution in [3.8, 4) is 11.3 Å². The second-order valence-electron chi connectivity index (χ2n) is 6.68. The van der Waals surface area contributed by atoms with Crippen LogP contribution in [0.1, 0.15) is 20.7 Å². The molecule has 28 heavy (non-hydrogen) atoms. The smallest absolute Gasteiger partial charge is 0.255 e. The second-order valence-corrected chi connectivity index (χ2v) is 6.68. The van der Waals surface area contributed by atoms with E-state index < -0.39 is 0 Å². The first-order valence-electron chi connectivity index (χ1n) is 8.87. The van der Waals surface area contributed by atoms with E-state index in [1.54, 1.807) is 24.3 Å². The summed E-state index contributed by atoms with van der Waals surface area (Å²) in [6.45, 7) is 0. The lowest BCUT2D eigenvalue weighted by Crippen LogP contribution is -2.11. The molecular weight excluding hydrogens is 350 g/mol. The summed E-state index contributed by atoms with van der Waals surface area (Å²) in [6.07, 6.45) is 0.852. The van der Waals surface area contributed by atoms with E-state index >= 15 is 0 Å². The van der Waals surface area contributed by atoms with Crippen LogP contribution in [0.2, 0.25) is 0 Å². The van der Waals surface area contributed by atoms with Crippen LogP contribution in [-0.2, 0) is 7.05 Å². The molecule has 1 heterocycles. The molecule has 0 bridgehead atoms. The molecule has 0 unspecified atom stereocenters. The van der Waals surface area contributed by atoms with E-state index in [0.29, 0.717) is 22.5 Å². The molecule has 4 rings (SSSR count). The van der Waals surface area contributed by atoms with E-state index in [2.05, 4.69) is 16.0 Å². The van der Waals surface area contributed by atoms with Crippen molar-refractivity contribution in [2.75, 3.05) is 11.1 Å². The molecule has 5 nitrogen and oxygen atoms in total. The van der Waals surface area contributed by atoms with Crippen molar-refractivity contribution in [1.82, 2.24) is 4.57 Å². The molecule has 1 amide bonds. The van der Waals surface area contributed by atoms with Crippen LogP contribution < -0.4 is 11.1 Å². The lowest BCUT2D eigenvalue weighted by Gasteiger charge is -2.08. The standard InChI is InChI=1S/C23H19N3O2/c1-26-21-11-2-15(14-27)12-18(21)13-22(26)16-5-9-20(10-6-16)25-23(28)17-3-7-19(24)8-4-17/h2-14H,24H2,1H3,(H,25,28). The first kappa shape index (κ1) is 17.5. The maximum Gasteiger partial charge on any atom is 0.255 e. The van der Waals surface area contributed by atoms with Gasteiger partial charge in [-0.3, -0.25) is 9.59 Å². The molecular formula is C23H19N3O2. The van der Waals surface area contributed by atoms with Gasteiger partial charge in [-0.15, -0.1) is 0 Å². The van der Waals surface area contributed by atoms with Crippen LogP contribution in [0, 0.1) is 0 Å². The molecule has 5 heteroatoms. The van der Waals surface area contributed by atoms with Gasteiger partial charge in [-0.2, -0.15) is 0 Å². The highest BCUT2D eigenvalue weighted by atomic mass is 16.1. The van der Waals surface area contributed by atoms with Gasteiger partial charge in [-0.05, 0) is 66.2 Å². The number of hydrogen-bond donors (Lipinski definition) is 2. The zero-order valence-corrected chi connectivity index (χ0v) is 15.3. The number of nitrogens with one attached hydrogen (secondary N) is 1. The summed E-state index contributed by atoms with van der Waals surface area (Å²) in [5.74, 6) is -0.182. The fraction of sp³-hybridized carbons (Fsp3) is 0.0435. The van der Waals surface area contributed by atoms with Gasteiger partial charge in [0.15, 0.2) is 0 Å². The van der Waals surface area contributed by atoms with Crippen LogP contribution >= 0.6 is 0 Å². The number of rotatable bonds is 4. The van der Waals surface area contributed by atoms with Crippen LogP contribution in [-0.4, -0.2) is 16.8 Å². The Morgan fingerprint density at radius 2 is 1.68 bits per heavy atom. The third kappa shape index (κ3) is 3.25. The van der Waals surface area contributed by atoms with Gasteiger partial charge in [-0.25, -0.2) is 0 Å². The molecule has 0 aliphatic heterocycles. The average molecular weight is 369 g/mol. The molecule has 0 saturated heterocycles. The van der Waals surface area contributed by atoms with Gasteiger partial charge in [0.05, 0.1) is 0 Å². The Morgan fingerprint density at radius 1 is 0.964 bits per heavy atom. The van der Waals surface area contributed by atoms with Gasteiger partial charge in [0.2, 0.25) is 0 Å². The van der Waals surface area contributed by atoms with E-state index in [-0.39, 0.29) is 5.91 Å². The Morgan fingerprint density at radius 3 is 2.36 bits per heavy atom. The zero-order valence-electron chi connectivity index (χ0n) is 15.3. The van der Waals surface area contributed by atoms with Crippen molar-refractivity contribution < 1.29 is 9.59 Å². The van der Waals surface area contributed by atoms with Gasteiger partial charge in [0, 0.05) is 46.1 Å². The van der Waals surface area contributed by atoms with Crippen molar-refractivity contribution in [3.63, 3.8) is 0 Å². The van der Waals surface area contributed by atoms with Gasteiger partial charge in [0.1, 0.15) is 6.29 Å². The number of carbonyl (C=O) groups is 2. The minimum atomic E-state index is -0.182. The molecule has 0 radical (unpaired) electrons. The number of aldehydes is 1. The summed E-state index contributed by atoms with van der Waals surface area (Å²) in [5, 5.41) is 3.90.